The molecular formula is C48H89NaO15. The number of rotatable bonds is 42. The van der Waals surface area contributed by atoms with Gasteiger partial charge in [0.1, 0.15) is 0 Å². The van der Waals surface area contributed by atoms with Gasteiger partial charge >= 0.3 is 59.4 Å². The van der Waals surface area contributed by atoms with E-state index in [9.17, 15) is 39.0 Å². The summed E-state index contributed by atoms with van der Waals surface area (Å²) in [6.07, 6.45) is 32.9. The van der Waals surface area contributed by atoms with Gasteiger partial charge in [-0.1, -0.05) is 194 Å². The van der Waals surface area contributed by atoms with Gasteiger partial charge in [-0.25, -0.2) is 9.59 Å². The zero-order chi connectivity index (χ0) is 48.0. The van der Waals surface area contributed by atoms with E-state index >= 15 is 0 Å². The minimum Gasteiger partial charge on any atom is -0.550 e. The van der Waals surface area contributed by atoms with Crippen molar-refractivity contribution in [1.82, 2.24) is 0 Å². The molecule has 1 unspecified atom stereocenters. The van der Waals surface area contributed by atoms with Crippen molar-refractivity contribution in [2.24, 2.45) is 0 Å². The van der Waals surface area contributed by atoms with Crippen LogP contribution >= 0.6 is 0 Å². The van der Waals surface area contributed by atoms with Gasteiger partial charge in [-0.2, -0.15) is 0 Å². The van der Waals surface area contributed by atoms with Crippen LogP contribution in [0.2, 0.25) is 0 Å². The Morgan fingerprint density at radius 3 is 0.938 bits per heavy atom. The average molecular weight is 929 g/mol. The van der Waals surface area contributed by atoms with E-state index in [4.69, 9.17) is 35.0 Å². The quantitative estimate of drug-likeness (QED) is 0.0239. The van der Waals surface area contributed by atoms with Crippen LogP contribution < -0.4 is 34.7 Å². The molecule has 0 heterocycles. The molecule has 6 N–H and O–H groups in total. The maximum atomic E-state index is 12.5. The predicted octanol–water partition coefficient (Wildman–Crippen LogP) is 5.83. The maximum absolute atomic E-state index is 12.5. The molecule has 0 aromatic carbocycles. The van der Waals surface area contributed by atoms with Crippen molar-refractivity contribution >= 4 is 35.8 Å². The SMILES string of the molecule is CCCCCCCCCCCCCCCCCCOC(=O)C(O)(CC(=O)[O-])CC(=O)OCCCCCCCCCCCCCCCC.CCO.O=C(O)CC(O)(CC(=O)O)C(=O)O.[Na+]. The van der Waals surface area contributed by atoms with Crippen LogP contribution in [0, 0.1) is 0 Å². The number of carboxylic acid groups (broad SMARTS) is 4. The molecule has 0 bridgehead atoms. The van der Waals surface area contributed by atoms with Crippen molar-refractivity contribution < 1.29 is 104 Å². The Labute approximate surface area is 407 Å². The number of aliphatic hydroxyl groups is 3. The first-order chi connectivity index (χ1) is 30.0. The summed E-state index contributed by atoms with van der Waals surface area (Å²) in [4.78, 5) is 66.5. The zero-order valence-corrected chi connectivity index (χ0v) is 42.5. The number of esters is 2. The zero-order valence-electron chi connectivity index (χ0n) is 40.5. The Bertz CT molecular complexity index is 1140. The van der Waals surface area contributed by atoms with E-state index in [1.807, 2.05) is 0 Å². The van der Waals surface area contributed by atoms with Crippen molar-refractivity contribution in [2.75, 3.05) is 19.8 Å². The Morgan fingerprint density at radius 1 is 0.422 bits per heavy atom. The van der Waals surface area contributed by atoms with Gasteiger partial charge < -0.3 is 50.0 Å². The summed E-state index contributed by atoms with van der Waals surface area (Å²) >= 11 is 0. The molecule has 0 radical (unpaired) electrons. The molecule has 372 valence electrons. The van der Waals surface area contributed by atoms with Gasteiger partial charge in [-0.15, -0.1) is 0 Å². The summed E-state index contributed by atoms with van der Waals surface area (Å²) in [6, 6.07) is 0. The molecule has 0 aliphatic rings. The number of carbonyl (C=O) groups is 6. The second-order valence-electron chi connectivity index (χ2n) is 16.8. The van der Waals surface area contributed by atoms with Gasteiger partial charge in [0.25, 0.3) is 0 Å². The minimum absolute atomic E-state index is 0. The number of hydrogen-bond donors (Lipinski definition) is 6. The van der Waals surface area contributed by atoms with E-state index in [1.54, 1.807) is 6.92 Å². The Hall–Kier alpha value is -2.30. The molecule has 0 amide bonds. The molecule has 0 aromatic rings. The van der Waals surface area contributed by atoms with Crippen LogP contribution in [0.25, 0.3) is 0 Å². The average Bonchev–Trinajstić information content (AvgIpc) is 3.20. The summed E-state index contributed by atoms with van der Waals surface area (Å²) in [7, 11) is 0. The van der Waals surface area contributed by atoms with Crippen LogP contribution in [0.4, 0.5) is 0 Å². The summed E-state index contributed by atoms with van der Waals surface area (Å²) in [5.41, 5.74) is -5.21. The molecule has 0 aliphatic heterocycles. The number of ether oxygens (including phenoxy) is 2. The van der Waals surface area contributed by atoms with Crippen LogP contribution in [0.15, 0.2) is 0 Å². The Morgan fingerprint density at radius 2 is 0.688 bits per heavy atom. The van der Waals surface area contributed by atoms with Gasteiger partial charge in [0.2, 0.25) is 0 Å². The number of hydrogen-bond acceptors (Lipinski definition) is 12. The maximum Gasteiger partial charge on any atom is 1.00 e. The molecule has 0 saturated heterocycles. The molecular weight excluding hydrogens is 840 g/mol. The number of carbonyl (C=O) groups excluding carboxylic acids is 3. The van der Waals surface area contributed by atoms with Gasteiger partial charge in [0, 0.05) is 19.0 Å². The van der Waals surface area contributed by atoms with Gasteiger partial charge in [0.05, 0.1) is 32.5 Å². The smallest absolute Gasteiger partial charge is 0.550 e. The number of aliphatic hydroxyl groups excluding tert-OH is 1. The molecule has 0 saturated carbocycles. The predicted molar refractivity (Wildman–Crippen MR) is 241 cm³/mol. The molecule has 16 heteroatoms. The van der Waals surface area contributed by atoms with Gasteiger partial charge in [0.15, 0.2) is 11.2 Å². The van der Waals surface area contributed by atoms with Crippen LogP contribution in [0.3, 0.4) is 0 Å². The summed E-state index contributed by atoms with van der Waals surface area (Å²) in [6.45, 7) is 6.71. The van der Waals surface area contributed by atoms with E-state index in [0.29, 0.717) is 12.8 Å². The van der Waals surface area contributed by atoms with E-state index in [1.165, 1.54) is 148 Å². The first-order valence-corrected chi connectivity index (χ1v) is 24.3. The van der Waals surface area contributed by atoms with Crippen LogP contribution in [-0.2, 0) is 38.2 Å². The van der Waals surface area contributed by atoms with Crippen molar-refractivity contribution in [2.45, 2.75) is 250 Å². The molecule has 64 heavy (non-hydrogen) atoms. The number of unbranched alkanes of at least 4 members (excludes halogenated alkanes) is 28. The molecule has 1 atom stereocenters. The Kier molecular flexibility index (Phi) is 51.9. The molecule has 0 aliphatic carbocycles. The second kappa shape index (κ2) is 48.6. The monoisotopic (exact) mass is 929 g/mol. The fraction of sp³-hybridized carbons (Fsp3) is 0.875. The first-order valence-electron chi connectivity index (χ1n) is 24.3. The molecule has 0 aromatic heterocycles. The minimum atomic E-state index is -2.74. The summed E-state index contributed by atoms with van der Waals surface area (Å²) in [5.74, 6) is -8.54. The van der Waals surface area contributed by atoms with E-state index in [-0.39, 0.29) is 49.4 Å². The number of aliphatic carboxylic acids is 4. The van der Waals surface area contributed by atoms with Crippen molar-refractivity contribution in [3.63, 3.8) is 0 Å². The second-order valence-corrected chi connectivity index (χ2v) is 16.8. The third-order valence-corrected chi connectivity index (χ3v) is 10.5. The molecule has 0 fully saturated rings. The molecule has 0 rings (SSSR count). The van der Waals surface area contributed by atoms with Crippen molar-refractivity contribution in [3.05, 3.63) is 0 Å². The summed E-state index contributed by atoms with van der Waals surface area (Å²) < 4.78 is 10.4. The van der Waals surface area contributed by atoms with Crippen LogP contribution in [0.1, 0.15) is 239 Å². The van der Waals surface area contributed by atoms with Crippen molar-refractivity contribution in [3.8, 4) is 0 Å². The fourth-order valence-electron chi connectivity index (χ4n) is 6.88. The third-order valence-electron chi connectivity index (χ3n) is 10.5. The molecule has 0 spiro atoms. The first kappa shape index (κ1) is 68.3. The molecule has 15 nitrogen and oxygen atoms in total. The normalized spacial score (nSPS) is 11.7. The fourth-order valence-corrected chi connectivity index (χ4v) is 6.88. The van der Waals surface area contributed by atoms with Crippen molar-refractivity contribution in [1.29, 1.82) is 0 Å². The van der Waals surface area contributed by atoms with E-state index < -0.39 is 72.7 Å². The standard InChI is InChI=1S/C40H76O7.C6H8O7.C2H6O.Na/c1-3-5-7-9-11-13-15-17-19-20-22-24-26-28-30-32-34-47-39(44)40(45,35-37(41)42)36-38(43)46-33-31-29-27-25-23-21-18-16-14-12-10-8-6-4-2;7-3(8)1-6(13,5(11)12)2-4(9)10;1-2-3;/h45H,3-36H2,1-2H3,(H,41,42);13H,1-2H2,(H,7,8)(H,9,10)(H,11,12);3H,2H2,1H3;/q;;;+1/p-1. The Balaban J connectivity index is -0.000000892. The van der Waals surface area contributed by atoms with Gasteiger partial charge in [-0.3, -0.25) is 14.4 Å². The number of carboxylic acids is 4. The van der Waals surface area contributed by atoms with Crippen LogP contribution in [-0.4, -0.2) is 97.5 Å². The third kappa shape index (κ3) is 47.7. The largest absolute Gasteiger partial charge is 1.00 e. The topological polar surface area (TPSA) is 265 Å². The van der Waals surface area contributed by atoms with E-state index in [0.717, 1.165) is 32.1 Å². The van der Waals surface area contributed by atoms with Gasteiger partial charge in [-0.05, 0) is 19.8 Å². The van der Waals surface area contributed by atoms with E-state index in [2.05, 4.69) is 13.8 Å². The summed E-state index contributed by atoms with van der Waals surface area (Å²) in [5, 5.41) is 63.3. The van der Waals surface area contributed by atoms with Crippen LogP contribution in [0.5, 0.6) is 0 Å².